The molecule has 2 aliphatic rings. The molecule has 0 spiro atoms. The molecule has 8 bridgehead atoms. The number of benzene rings is 2. The SMILES string of the molecule is C1=Cc2cc3c(-c4ccccc4)c(-c4ccccc4)c(c(-c4ccccn4)c4nc(cc5ccc(cc1n2)[nH]5)C=C4)n3-c1ccccn1. The Bertz CT molecular complexity index is 2530. The lowest BCUT2D eigenvalue weighted by atomic mass is 9.94. The van der Waals surface area contributed by atoms with Crippen LogP contribution in [0.2, 0.25) is 0 Å². The maximum absolute atomic E-state index is 5.23. The van der Waals surface area contributed by atoms with E-state index in [1.807, 2.05) is 36.7 Å². The zero-order chi connectivity index (χ0) is 31.9. The first-order valence-corrected chi connectivity index (χ1v) is 15.9. The molecule has 7 heterocycles. The standard InChI is InChI=1S/C42H28N6/c1-3-11-28(12-4-1)39-37-27-34-20-19-31(46-34)25-30-17-18-32(45-30)26-33-21-22-36(47-33)41(35-15-7-9-23-43-35)42(40(39)29-13-5-2-6-14-29)48(37)38-16-8-10-24-44-38/h1-27,45H. The quantitative estimate of drug-likeness (QED) is 0.214. The Morgan fingerprint density at radius 1 is 0.479 bits per heavy atom. The van der Waals surface area contributed by atoms with Gasteiger partial charge in [0.15, 0.2) is 0 Å². The molecule has 0 saturated carbocycles. The van der Waals surface area contributed by atoms with Crippen molar-refractivity contribution < 1.29 is 0 Å². The highest BCUT2D eigenvalue weighted by molar-refractivity contribution is 6.10. The third kappa shape index (κ3) is 4.93. The summed E-state index contributed by atoms with van der Waals surface area (Å²) >= 11 is 0. The van der Waals surface area contributed by atoms with Crippen LogP contribution in [0, 0.1) is 0 Å². The van der Waals surface area contributed by atoms with Crippen molar-refractivity contribution in [3.63, 3.8) is 0 Å². The van der Waals surface area contributed by atoms with Crippen molar-refractivity contribution in [3.05, 3.63) is 163 Å². The van der Waals surface area contributed by atoms with E-state index in [4.69, 9.17) is 19.9 Å². The predicted molar refractivity (Wildman–Crippen MR) is 196 cm³/mol. The van der Waals surface area contributed by atoms with Gasteiger partial charge in [-0.05, 0) is 90.0 Å². The highest BCUT2D eigenvalue weighted by Crippen LogP contribution is 2.46. The first-order chi connectivity index (χ1) is 23.8. The van der Waals surface area contributed by atoms with Crippen LogP contribution in [0.25, 0.3) is 85.7 Å². The monoisotopic (exact) mass is 616 g/mol. The summed E-state index contributed by atoms with van der Waals surface area (Å²) in [6.07, 6.45) is 12.0. The van der Waals surface area contributed by atoms with Crippen molar-refractivity contribution >= 4 is 46.4 Å². The number of nitrogens with zero attached hydrogens (tertiary/aromatic N) is 5. The second kappa shape index (κ2) is 11.6. The van der Waals surface area contributed by atoms with E-state index in [-0.39, 0.29) is 0 Å². The maximum atomic E-state index is 5.23. The van der Waals surface area contributed by atoms with Crippen LogP contribution >= 0.6 is 0 Å². The largest absolute Gasteiger partial charge is 0.355 e. The molecule has 0 amide bonds. The first kappa shape index (κ1) is 27.6. The topological polar surface area (TPSA) is 72.3 Å². The Hall–Kier alpha value is -6.66. The lowest BCUT2D eigenvalue weighted by Crippen LogP contribution is -2.00. The number of aromatic nitrogens is 6. The highest BCUT2D eigenvalue weighted by Gasteiger charge is 2.26. The van der Waals surface area contributed by atoms with Crippen molar-refractivity contribution in [2.24, 2.45) is 0 Å². The van der Waals surface area contributed by atoms with Crippen LogP contribution in [0.1, 0.15) is 22.8 Å². The van der Waals surface area contributed by atoms with Crippen LogP contribution in [0.3, 0.4) is 0 Å². The van der Waals surface area contributed by atoms with Crippen LogP contribution in [0.15, 0.2) is 140 Å². The molecule has 6 nitrogen and oxygen atoms in total. The molecule has 5 aromatic heterocycles. The average Bonchev–Trinajstić information content (AvgIpc) is 3.95. The van der Waals surface area contributed by atoms with Gasteiger partial charge in [0.25, 0.3) is 0 Å². The van der Waals surface area contributed by atoms with E-state index in [1.165, 1.54) is 0 Å². The Morgan fingerprint density at radius 2 is 1.08 bits per heavy atom. The van der Waals surface area contributed by atoms with E-state index in [1.54, 1.807) is 0 Å². The zero-order valence-electron chi connectivity index (χ0n) is 25.8. The normalized spacial score (nSPS) is 12.0. The summed E-state index contributed by atoms with van der Waals surface area (Å²) in [5.41, 5.74) is 13.2. The summed E-state index contributed by atoms with van der Waals surface area (Å²) in [4.78, 5) is 23.7. The van der Waals surface area contributed by atoms with E-state index in [0.717, 1.165) is 84.2 Å². The van der Waals surface area contributed by atoms with Crippen molar-refractivity contribution in [2.75, 3.05) is 0 Å². The minimum Gasteiger partial charge on any atom is -0.355 e. The van der Waals surface area contributed by atoms with Gasteiger partial charge < -0.3 is 4.98 Å². The maximum Gasteiger partial charge on any atom is 0.137 e. The lowest BCUT2D eigenvalue weighted by Gasteiger charge is -2.12. The molecule has 0 unspecified atom stereocenters. The van der Waals surface area contributed by atoms with Crippen LogP contribution in [-0.4, -0.2) is 29.5 Å². The molecular weight excluding hydrogens is 589 g/mol. The second-order valence-electron chi connectivity index (χ2n) is 11.7. The fraction of sp³-hybridized carbons (Fsp3) is 0. The fourth-order valence-electron chi connectivity index (χ4n) is 6.56. The average molecular weight is 617 g/mol. The molecule has 0 atom stereocenters. The van der Waals surface area contributed by atoms with Crippen molar-refractivity contribution in [2.45, 2.75) is 0 Å². The number of fused-ring (bicyclic) bond motifs is 8. The van der Waals surface area contributed by atoms with Gasteiger partial charge in [-0.25, -0.2) is 15.0 Å². The summed E-state index contributed by atoms with van der Waals surface area (Å²) in [6, 6.07) is 43.6. The smallest absolute Gasteiger partial charge is 0.137 e. The van der Waals surface area contributed by atoms with E-state index in [2.05, 4.69) is 137 Å². The summed E-state index contributed by atoms with van der Waals surface area (Å²) in [6.45, 7) is 0. The Balaban J connectivity index is 1.61. The lowest BCUT2D eigenvalue weighted by molar-refractivity contribution is 1.08. The van der Waals surface area contributed by atoms with Gasteiger partial charge in [0.05, 0.1) is 45.1 Å². The fourth-order valence-corrected chi connectivity index (χ4v) is 6.56. The molecular formula is C42H28N6. The van der Waals surface area contributed by atoms with Gasteiger partial charge in [-0.2, -0.15) is 0 Å². The Morgan fingerprint density at radius 3 is 1.75 bits per heavy atom. The van der Waals surface area contributed by atoms with E-state index in [9.17, 15) is 0 Å². The van der Waals surface area contributed by atoms with Gasteiger partial charge in [-0.3, -0.25) is 9.55 Å². The van der Waals surface area contributed by atoms with Gasteiger partial charge >= 0.3 is 0 Å². The number of hydrogen-bond acceptors (Lipinski definition) is 4. The van der Waals surface area contributed by atoms with Gasteiger partial charge in [0.2, 0.25) is 0 Å². The van der Waals surface area contributed by atoms with Gasteiger partial charge in [0.1, 0.15) is 5.82 Å². The van der Waals surface area contributed by atoms with E-state index in [0.29, 0.717) is 0 Å². The summed E-state index contributed by atoms with van der Waals surface area (Å²) in [7, 11) is 0. The van der Waals surface area contributed by atoms with Crippen molar-refractivity contribution in [1.29, 1.82) is 0 Å². The molecule has 7 aromatic rings. The molecule has 0 aliphatic carbocycles. The van der Waals surface area contributed by atoms with Gasteiger partial charge in [-0.1, -0.05) is 72.8 Å². The molecule has 0 fully saturated rings. The molecule has 9 rings (SSSR count). The number of pyridine rings is 2. The molecule has 0 radical (unpaired) electrons. The van der Waals surface area contributed by atoms with Crippen LogP contribution < -0.4 is 0 Å². The number of rotatable bonds is 4. The van der Waals surface area contributed by atoms with Crippen LogP contribution in [0.5, 0.6) is 0 Å². The highest BCUT2D eigenvalue weighted by atomic mass is 15.1. The molecule has 1 N–H and O–H groups in total. The van der Waals surface area contributed by atoms with Crippen molar-refractivity contribution in [1.82, 2.24) is 29.5 Å². The summed E-state index contributed by atoms with van der Waals surface area (Å²) in [5, 5.41) is 0. The Kier molecular flexibility index (Phi) is 6.68. The number of hydrogen-bond donors (Lipinski definition) is 1. The summed E-state index contributed by atoms with van der Waals surface area (Å²) < 4.78 is 2.26. The van der Waals surface area contributed by atoms with Gasteiger partial charge in [-0.15, -0.1) is 0 Å². The molecule has 48 heavy (non-hydrogen) atoms. The first-order valence-electron chi connectivity index (χ1n) is 15.9. The molecule has 2 aromatic carbocycles. The summed E-state index contributed by atoms with van der Waals surface area (Å²) in [5.74, 6) is 0.780. The number of aromatic amines is 1. The van der Waals surface area contributed by atoms with E-state index >= 15 is 0 Å². The van der Waals surface area contributed by atoms with Crippen LogP contribution in [-0.2, 0) is 0 Å². The number of nitrogens with one attached hydrogen (secondary N) is 1. The van der Waals surface area contributed by atoms with Crippen LogP contribution in [0.4, 0.5) is 0 Å². The zero-order valence-corrected chi connectivity index (χ0v) is 25.8. The third-order valence-electron chi connectivity index (χ3n) is 8.59. The van der Waals surface area contributed by atoms with E-state index < -0.39 is 0 Å². The predicted octanol–water partition coefficient (Wildman–Crippen LogP) is 9.91. The van der Waals surface area contributed by atoms with Crippen molar-refractivity contribution in [3.8, 4) is 39.3 Å². The van der Waals surface area contributed by atoms with Gasteiger partial charge in [0, 0.05) is 34.6 Å². The third-order valence-corrected chi connectivity index (χ3v) is 8.59. The minimum absolute atomic E-state index is 0.780. The molecule has 226 valence electrons. The minimum atomic E-state index is 0.780. The molecule has 2 aliphatic heterocycles. The number of H-pyrrole nitrogens is 1. The Labute approximate surface area is 277 Å². The second-order valence-corrected chi connectivity index (χ2v) is 11.7. The molecule has 0 saturated heterocycles. The molecule has 6 heteroatoms.